The topological polar surface area (TPSA) is 52.3 Å². The Morgan fingerprint density at radius 2 is 1.92 bits per heavy atom. The molecule has 0 spiro atoms. The van der Waals surface area contributed by atoms with Crippen LogP contribution in [0.25, 0.3) is 0 Å². The second-order valence-electron chi connectivity index (χ2n) is 2.98. The molecule has 3 nitrogen and oxygen atoms in total. The van der Waals surface area contributed by atoms with E-state index in [2.05, 4.69) is 0 Å². The fourth-order valence-corrected chi connectivity index (χ4v) is 0.879. The van der Waals surface area contributed by atoms with Crippen LogP contribution in [0.5, 0.6) is 5.75 Å². The molecule has 0 bridgehead atoms. The van der Waals surface area contributed by atoms with Gasteiger partial charge in [0.25, 0.3) is 5.91 Å². The molecule has 0 aromatic heterocycles. The molecule has 0 unspecified atom stereocenters. The van der Waals surface area contributed by atoms with E-state index in [4.69, 9.17) is 10.5 Å². The van der Waals surface area contributed by atoms with Gasteiger partial charge in [-0.05, 0) is 26.0 Å². The quantitative estimate of drug-likeness (QED) is 0.759. The number of hydrogen-bond donors (Lipinski definition) is 1. The van der Waals surface area contributed by atoms with Crippen molar-refractivity contribution >= 4 is 5.91 Å². The van der Waals surface area contributed by atoms with Crippen molar-refractivity contribution in [3.63, 3.8) is 0 Å². The van der Waals surface area contributed by atoms with Crippen LogP contribution >= 0.6 is 0 Å². The van der Waals surface area contributed by atoms with E-state index < -0.39 is 12.0 Å². The first-order valence-electron chi connectivity index (χ1n) is 4.12. The van der Waals surface area contributed by atoms with Crippen molar-refractivity contribution in [1.29, 1.82) is 0 Å². The predicted octanol–water partition coefficient (Wildman–Crippen LogP) is 1.25. The first-order chi connectivity index (χ1) is 6.09. The first kappa shape index (κ1) is 9.58. The van der Waals surface area contributed by atoms with E-state index in [1.807, 2.05) is 31.2 Å². The van der Waals surface area contributed by atoms with Gasteiger partial charge >= 0.3 is 0 Å². The zero-order chi connectivity index (χ0) is 9.84. The molecule has 0 aliphatic rings. The number of benzene rings is 1. The normalized spacial score (nSPS) is 12.2. The second kappa shape index (κ2) is 3.94. The van der Waals surface area contributed by atoms with Gasteiger partial charge in [0.2, 0.25) is 0 Å². The van der Waals surface area contributed by atoms with Crippen molar-refractivity contribution in [3.05, 3.63) is 29.8 Å². The summed E-state index contributed by atoms with van der Waals surface area (Å²) in [7, 11) is 0. The summed E-state index contributed by atoms with van der Waals surface area (Å²) in [6.45, 7) is 3.61. The molecule has 0 heterocycles. The van der Waals surface area contributed by atoms with Gasteiger partial charge in [-0.15, -0.1) is 0 Å². The molecule has 1 atom stereocenters. The number of carbonyl (C=O) groups is 1. The molecule has 13 heavy (non-hydrogen) atoms. The molecule has 3 heteroatoms. The van der Waals surface area contributed by atoms with Crippen molar-refractivity contribution in [2.24, 2.45) is 5.73 Å². The highest BCUT2D eigenvalue weighted by Gasteiger charge is 2.09. The Morgan fingerprint density at radius 3 is 2.38 bits per heavy atom. The van der Waals surface area contributed by atoms with Crippen LogP contribution in [-0.2, 0) is 4.79 Å². The zero-order valence-electron chi connectivity index (χ0n) is 7.78. The molecule has 1 rings (SSSR count). The van der Waals surface area contributed by atoms with E-state index in [0.29, 0.717) is 5.75 Å². The SMILES string of the molecule is Cc1ccc(O[C@H](C)C(N)=O)cc1. The van der Waals surface area contributed by atoms with Gasteiger partial charge in [-0.25, -0.2) is 0 Å². The van der Waals surface area contributed by atoms with Crippen molar-refractivity contribution in [2.45, 2.75) is 20.0 Å². The summed E-state index contributed by atoms with van der Waals surface area (Å²) in [4.78, 5) is 10.7. The van der Waals surface area contributed by atoms with Crippen molar-refractivity contribution < 1.29 is 9.53 Å². The van der Waals surface area contributed by atoms with Gasteiger partial charge in [0.1, 0.15) is 5.75 Å². The Hall–Kier alpha value is -1.51. The third kappa shape index (κ3) is 2.78. The number of primary amides is 1. The Labute approximate surface area is 77.5 Å². The summed E-state index contributed by atoms with van der Waals surface area (Å²) in [5, 5.41) is 0. The van der Waals surface area contributed by atoms with Gasteiger partial charge < -0.3 is 10.5 Å². The first-order valence-corrected chi connectivity index (χ1v) is 4.12. The Bertz CT molecular complexity index is 292. The summed E-state index contributed by atoms with van der Waals surface area (Å²) in [5.74, 6) is 0.206. The fourth-order valence-electron chi connectivity index (χ4n) is 0.879. The van der Waals surface area contributed by atoms with Crippen LogP contribution in [0.2, 0.25) is 0 Å². The lowest BCUT2D eigenvalue weighted by atomic mass is 10.2. The largest absolute Gasteiger partial charge is 0.481 e. The average molecular weight is 179 g/mol. The molecular formula is C10H13NO2. The molecular weight excluding hydrogens is 166 g/mol. The van der Waals surface area contributed by atoms with Gasteiger partial charge in [-0.1, -0.05) is 17.7 Å². The Balaban J connectivity index is 2.64. The highest BCUT2D eigenvalue weighted by atomic mass is 16.5. The Morgan fingerprint density at radius 1 is 1.38 bits per heavy atom. The van der Waals surface area contributed by atoms with E-state index in [0.717, 1.165) is 5.56 Å². The molecule has 1 aromatic rings. The summed E-state index contributed by atoms with van der Waals surface area (Å²) >= 11 is 0. The standard InChI is InChI=1S/C10H13NO2/c1-7-3-5-9(6-4-7)13-8(2)10(11)12/h3-6,8H,1-2H3,(H2,11,12)/t8-/m1/s1. The third-order valence-corrected chi connectivity index (χ3v) is 1.73. The number of amides is 1. The monoisotopic (exact) mass is 179 g/mol. The maximum atomic E-state index is 10.7. The number of rotatable bonds is 3. The van der Waals surface area contributed by atoms with Crippen LogP contribution < -0.4 is 10.5 Å². The van der Waals surface area contributed by atoms with Gasteiger partial charge in [0.05, 0.1) is 0 Å². The van der Waals surface area contributed by atoms with Crippen LogP contribution in [0.4, 0.5) is 0 Å². The van der Waals surface area contributed by atoms with Crippen molar-refractivity contribution in [3.8, 4) is 5.75 Å². The maximum Gasteiger partial charge on any atom is 0.258 e. The minimum absolute atomic E-state index is 0.458. The van der Waals surface area contributed by atoms with Crippen LogP contribution in [0.1, 0.15) is 12.5 Å². The lowest BCUT2D eigenvalue weighted by molar-refractivity contribution is -0.123. The Kier molecular flexibility index (Phi) is 2.90. The zero-order valence-corrected chi connectivity index (χ0v) is 7.78. The molecule has 0 saturated carbocycles. The molecule has 0 saturated heterocycles. The van der Waals surface area contributed by atoms with Gasteiger partial charge in [0.15, 0.2) is 6.10 Å². The van der Waals surface area contributed by atoms with Crippen molar-refractivity contribution in [2.75, 3.05) is 0 Å². The number of ether oxygens (including phenoxy) is 1. The second-order valence-corrected chi connectivity index (χ2v) is 2.98. The maximum absolute atomic E-state index is 10.7. The summed E-state index contributed by atoms with van der Waals surface area (Å²) in [6.07, 6.45) is -0.581. The van der Waals surface area contributed by atoms with Crippen LogP contribution in [-0.4, -0.2) is 12.0 Å². The third-order valence-electron chi connectivity index (χ3n) is 1.73. The van der Waals surface area contributed by atoms with Crippen LogP contribution in [0.15, 0.2) is 24.3 Å². The number of hydrogen-bond acceptors (Lipinski definition) is 2. The van der Waals surface area contributed by atoms with Gasteiger partial charge in [0, 0.05) is 0 Å². The van der Waals surface area contributed by atoms with Gasteiger partial charge in [-0.3, -0.25) is 4.79 Å². The van der Waals surface area contributed by atoms with E-state index in [9.17, 15) is 4.79 Å². The molecule has 0 aliphatic heterocycles. The van der Waals surface area contributed by atoms with E-state index in [-0.39, 0.29) is 0 Å². The molecule has 0 radical (unpaired) electrons. The average Bonchev–Trinajstić information content (AvgIpc) is 2.08. The van der Waals surface area contributed by atoms with Gasteiger partial charge in [-0.2, -0.15) is 0 Å². The highest BCUT2D eigenvalue weighted by Crippen LogP contribution is 2.12. The molecule has 1 aromatic carbocycles. The van der Waals surface area contributed by atoms with E-state index in [1.54, 1.807) is 6.92 Å². The lowest BCUT2D eigenvalue weighted by Crippen LogP contribution is -2.30. The summed E-state index contributed by atoms with van der Waals surface area (Å²) in [5.41, 5.74) is 6.20. The fraction of sp³-hybridized carbons (Fsp3) is 0.300. The summed E-state index contributed by atoms with van der Waals surface area (Å²) < 4.78 is 5.26. The van der Waals surface area contributed by atoms with Crippen LogP contribution in [0.3, 0.4) is 0 Å². The van der Waals surface area contributed by atoms with E-state index >= 15 is 0 Å². The number of nitrogens with two attached hydrogens (primary N) is 1. The summed E-state index contributed by atoms with van der Waals surface area (Å²) in [6, 6.07) is 7.47. The lowest BCUT2D eigenvalue weighted by Gasteiger charge is -2.10. The molecule has 0 fully saturated rings. The molecule has 0 aliphatic carbocycles. The number of aryl methyl sites for hydroxylation is 1. The smallest absolute Gasteiger partial charge is 0.258 e. The van der Waals surface area contributed by atoms with Crippen LogP contribution in [0, 0.1) is 6.92 Å². The van der Waals surface area contributed by atoms with Crippen molar-refractivity contribution in [1.82, 2.24) is 0 Å². The number of carbonyl (C=O) groups excluding carboxylic acids is 1. The molecule has 1 amide bonds. The predicted molar refractivity (Wildman–Crippen MR) is 50.5 cm³/mol. The minimum Gasteiger partial charge on any atom is -0.481 e. The minimum atomic E-state index is -0.581. The molecule has 2 N–H and O–H groups in total. The van der Waals surface area contributed by atoms with E-state index in [1.165, 1.54) is 0 Å². The molecule has 70 valence electrons. The highest BCUT2D eigenvalue weighted by molar-refractivity contribution is 5.78.